The maximum absolute atomic E-state index is 13.1. The molecule has 0 saturated carbocycles. The van der Waals surface area contributed by atoms with E-state index in [1.807, 2.05) is 0 Å². The van der Waals surface area contributed by atoms with Gasteiger partial charge in [-0.25, -0.2) is 17.9 Å². The lowest BCUT2D eigenvalue weighted by Gasteiger charge is -2.08. The molecule has 0 aliphatic carbocycles. The van der Waals surface area contributed by atoms with Gasteiger partial charge in [0.15, 0.2) is 0 Å². The van der Waals surface area contributed by atoms with E-state index in [2.05, 4.69) is 0 Å². The summed E-state index contributed by atoms with van der Waals surface area (Å²) in [6.45, 7) is 0. The summed E-state index contributed by atoms with van der Waals surface area (Å²) < 4.78 is 36.1. The van der Waals surface area contributed by atoms with E-state index in [0.717, 1.165) is 11.8 Å². The second-order valence-electron chi connectivity index (χ2n) is 3.81. The fourth-order valence-electron chi connectivity index (χ4n) is 1.49. The molecule has 0 aromatic heterocycles. The minimum Gasteiger partial charge on any atom is -0.399 e. The van der Waals surface area contributed by atoms with Gasteiger partial charge >= 0.3 is 0 Å². The first-order chi connectivity index (χ1) is 8.86. The second kappa shape index (κ2) is 5.20. The fraction of sp³-hybridized carbons (Fsp3) is 0. The number of benzene rings is 2. The van der Waals surface area contributed by atoms with E-state index in [1.165, 1.54) is 18.2 Å². The van der Waals surface area contributed by atoms with Crippen molar-refractivity contribution >= 4 is 27.5 Å². The number of sulfonamides is 1. The summed E-state index contributed by atoms with van der Waals surface area (Å²) in [6.07, 6.45) is 0. The van der Waals surface area contributed by atoms with Crippen LogP contribution in [-0.2, 0) is 10.0 Å². The maximum atomic E-state index is 13.1. The van der Waals surface area contributed by atoms with E-state index < -0.39 is 15.8 Å². The first-order valence-electron chi connectivity index (χ1n) is 5.22. The second-order valence-corrected chi connectivity index (χ2v) is 6.46. The normalized spacial score (nSPS) is 11.5. The molecule has 0 radical (unpaired) electrons. The number of nitrogens with two attached hydrogens (primary N) is 2. The Kier molecular flexibility index (Phi) is 3.79. The van der Waals surface area contributed by atoms with Crippen LogP contribution in [0.4, 0.5) is 10.1 Å². The SMILES string of the molecule is Nc1ccc(Sc2cccc(F)c2)c(S(N)(=O)=O)c1. The Morgan fingerprint density at radius 2 is 1.84 bits per heavy atom. The average Bonchev–Trinajstić information content (AvgIpc) is 2.30. The summed E-state index contributed by atoms with van der Waals surface area (Å²) in [5, 5.41) is 5.14. The van der Waals surface area contributed by atoms with Crippen molar-refractivity contribution in [2.75, 3.05) is 5.73 Å². The van der Waals surface area contributed by atoms with Crippen LogP contribution in [0.15, 0.2) is 57.2 Å². The predicted molar refractivity (Wildman–Crippen MR) is 72.8 cm³/mol. The minimum absolute atomic E-state index is 0.0678. The topological polar surface area (TPSA) is 86.2 Å². The van der Waals surface area contributed by atoms with Gasteiger partial charge in [0.25, 0.3) is 0 Å². The van der Waals surface area contributed by atoms with E-state index in [9.17, 15) is 12.8 Å². The van der Waals surface area contributed by atoms with Gasteiger partial charge in [-0.1, -0.05) is 17.8 Å². The van der Waals surface area contributed by atoms with Gasteiger partial charge in [0.05, 0.1) is 4.90 Å². The molecule has 2 aromatic carbocycles. The number of halogens is 1. The summed E-state index contributed by atoms with van der Waals surface area (Å²) in [7, 11) is -3.88. The van der Waals surface area contributed by atoms with Gasteiger partial charge in [0.1, 0.15) is 5.82 Å². The number of primary sulfonamides is 1. The van der Waals surface area contributed by atoms with Gasteiger partial charge in [-0.3, -0.25) is 0 Å². The molecule has 100 valence electrons. The first-order valence-corrected chi connectivity index (χ1v) is 7.58. The zero-order valence-corrected chi connectivity index (χ0v) is 11.3. The molecule has 0 saturated heterocycles. The largest absolute Gasteiger partial charge is 0.399 e. The summed E-state index contributed by atoms with van der Waals surface area (Å²) in [6, 6.07) is 10.3. The Labute approximate surface area is 114 Å². The van der Waals surface area contributed by atoms with E-state index in [1.54, 1.807) is 24.3 Å². The molecule has 0 heterocycles. The summed E-state index contributed by atoms with van der Waals surface area (Å²) in [5.74, 6) is -0.391. The lowest BCUT2D eigenvalue weighted by atomic mass is 10.3. The third-order valence-corrected chi connectivity index (χ3v) is 4.44. The van der Waals surface area contributed by atoms with E-state index in [-0.39, 0.29) is 4.90 Å². The molecule has 2 aromatic rings. The number of nitrogen functional groups attached to an aromatic ring is 1. The van der Waals surface area contributed by atoms with Gasteiger partial charge in [-0.05, 0) is 36.4 Å². The van der Waals surface area contributed by atoms with Crippen molar-refractivity contribution in [1.29, 1.82) is 0 Å². The minimum atomic E-state index is -3.88. The van der Waals surface area contributed by atoms with E-state index in [0.29, 0.717) is 15.5 Å². The number of anilines is 1. The molecular formula is C12H11FN2O2S2. The molecule has 4 N–H and O–H groups in total. The number of hydrogen-bond acceptors (Lipinski definition) is 4. The highest BCUT2D eigenvalue weighted by atomic mass is 32.2. The van der Waals surface area contributed by atoms with E-state index >= 15 is 0 Å². The van der Waals surface area contributed by atoms with Gasteiger partial charge in [0, 0.05) is 15.5 Å². The Morgan fingerprint density at radius 3 is 2.47 bits per heavy atom. The number of rotatable bonds is 3. The molecule has 0 amide bonds. The van der Waals surface area contributed by atoms with Gasteiger partial charge in [0.2, 0.25) is 10.0 Å². The van der Waals surface area contributed by atoms with Gasteiger partial charge in [-0.2, -0.15) is 0 Å². The third kappa shape index (κ3) is 3.46. The van der Waals surface area contributed by atoms with Crippen LogP contribution < -0.4 is 10.9 Å². The fourth-order valence-corrected chi connectivity index (χ4v) is 3.48. The van der Waals surface area contributed by atoms with Crippen molar-refractivity contribution in [3.05, 3.63) is 48.3 Å². The van der Waals surface area contributed by atoms with Crippen LogP contribution in [0, 0.1) is 5.82 Å². The predicted octanol–water partition coefficient (Wildman–Crippen LogP) is 2.21. The molecule has 2 rings (SSSR count). The highest BCUT2D eigenvalue weighted by molar-refractivity contribution is 8.00. The summed E-state index contributed by atoms with van der Waals surface area (Å²) in [4.78, 5) is 0.915. The summed E-state index contributed by atoms with van der Waals surface area (Å²) >= 11 is 1.11. The Hall–Kier alpha value is -1.57. The highest BCUT2D eigenvalue weighted by Crippen LogP contribution is 2.33. The molecule has 7 heteroatoms. The van der Waals surface area contributed by atoms with Crippen LogP contribution in [0.2, 0.25) is 0 Å². The molecule has 0 unspecified atom stereocenters. The van der Waals surface area contributed by atoms with Crippen molar-refractivity contribution in [2.24, 2.45) is 5.14 Å². The monoisotopic (exact) mass is 298 g/mol. The van der Waals surface area contributed by atoms with Crippen LogP contribution in [0.1, 0.15) is 0 Å². The smallest absolute Gasteiger partial charge is 0.239 e. The molecule has 19 heavy (non-hydrogen) atoms. The van der Waals surface area contributed by atoms with Gasteiger partial charge in [-0.15, -0.1) is 0 Å². The molecule has 0 fully saturated rings. The van der Waals surface area contributed by atoms with Crippen molar-refractivity contribution in [1.82, 2.24) is 0 Å². The number of hydrogen-bond donors (Lipinski definition) is 2. The molecule has 0 atom stereocenters. The summed E-state index contributed by atoms with van der Waals surface area (Å²) in [5.41, 5.74) is 5.85. The van der Waals surface area contributed by atoms with E-state index in [4.69, 9.17) is 10.9 Å². The zero-order chi connectivity index (χ0) is 14.0. The third-order valence-electron chi connectivity index (χ3n) is 2.30. The highest BCUT2D eigenvalue weighted by Gasteiger charge is 2.15. The molecule has 0 spiro atoms. The van der Waals surface area contributed by atoms with Crippen molar-refractivity contribution in [3.8, 4) is 0 Å². The van der Waals surface area contributed by atoms with Crippen LogP contribution in [0.3, 0.4) is 0 Å². The first kappa shape index (κ1) is 13.9. The Balaban J connectivity index is 2.46. The lowest BCUT2D eigenvalue weighted by Crippen LogP contribution is -2.13. The van der Waals surface area contributed by atoms with Gasteiger partial charge < -0.3 is 5.73 Å². The molecule has 0 bridgehead atoms. The molecule has 0 aliphatic heterocycles. The average molecular weight is 298 g/mol. The maximum Gasteiger partial charge on any atom is 0.239 e. The van der Waals surface area contributed by atoms with Crippen LogP contribution >= 0.6 is 11.8 Å². The van der Waals surface area contributed by atoms with Crippen molar-refractivity contribution in [3.63, 3.8) is 0 Å². The quantitative estimate of drug-likeness (QED) is 0.851. The standard InChI is InChI=1S/C12H11FN2O2S2/c13-8-2-1-3-10(6-8)18-11-5-4-9(14)7-12(11)19(15,16)17/h1-7H,14H2,(H2,15,16,17). The Bertz CT molecular complexity index is 717. The molecule has 0 aliphatic rings. The van der Waals surface area contributed by atoms with Crippen LogP contribution in [-0.4, -0.2) is 8.42 Å². The van der Waals surface area contributed by atoms with Crippen molar-refractivity contribution < 1.29 is 12.8 Å². The zero-order valence-electron chi connectivity index (χ0n) is 9.71. The Morgan fingerprint density at radius 1 is 1.11 bits per heavy atom. The van der Waals surface area contributed by atoms with Crippen molar-refractivity contribution in [2.45, 2.75) is 14.7 Å². The molecule has 4 nitrogen and oxygen atoms in total. The van der Waals surface area contributed by atoms with Crippen LogP contribution in [0.5, 0.6) is 0 Å². The lowest BCUT2D eigenvalue weighted by molar-refractivity contribution is 0.596. The molecular weight excluding hydrogens is 287 g/mol. The van der Waals surface area contributed by atoms with Crippen LogP contribution in [0.25, 0.3) is 0 Å².